The highest BCUT2D eigenvalue weighted by Gasteiger charge is 2.20. The predicted molar refractivity (Wildman–Crippen MR) is 74.9 cm³/mol. The topological polar surface area (TPSA) is 44.5 Å². The van der Waals surface area contributed by atoms with Crippen molar-refractivity contribution in [3.8, 4) is 5.75 Å². The van der Waals surface area contributed by atoms with E-state index in [0.29, 0.717) is 0 Å². The smallest absolute Gasteiger partial charge is 0.124 e. The van der Waals surface area contributed by atoms with Crippen molar-refractivity contribution < 1.29 is 9.47 Å². The van der Waals surface area contributed by atoms with E-state index in [0.717, 1.165) is 24.3 Å². The number of benzene rings is 1. The van der Waals surface area contributed by atoms with Crippen molar-refractivity contribution in [1.82, 2.24) is 0 Å². The number of para-hydroxylation sites is 1. The zero-order valence-electron chi connectivity index (χ0n) is 11.7. The molecule has 0 amide bonds. The summed E-state index contributed by atoms with van der Waals surface area (Å²) in [5.74, 6) is 0.843. The molecule has 2 unspecified atom stereocenters. The Morgan fingerprint density at radius 2 is 1.94 bits per heavy atom. The molecule has 0 aromatic heterocycles. The number of ether oxygens (including phenoxy) is 2. The van der Waals surface area contributed by atoms with Gasteiger partial charge in [-0.25, -0.2) is 0 Å². The molecule has 102 valence electrons. The summed E-state index contributed by atoms with van der Waals surface area (Å²) in [7, 11) is 1.67. The van der Waals surface area contributed by atoms with Gasteiger partial charge in [-0.05, 0) is 19.4 Å². The summed E-state index contributed by atoms with van der Waals surface area (Å²) in [4.78, 5) is 0. The first-order valence-electron chi connectivity index (χ1n) is 6.70. The van der Waals surface area contributed by atoms with E-state index < -0.39 is 0 Å². The Kier molecular flexibility index (Phi) is 6.76. The summed E-state index contributed by atoms with van der Waals surface area (Å²) in [5.41, 5.74) is 7.06. The predicted octanol–water partition coefficient (Wildman–Crippen LogP) is 3.29. The Morgan fingerprint density at radius 3 is 2.56 bits per heavy atom. The Hall–Kier alpha value is -1.06. The van der Waals surface area contributed by atoms with Gasteiger partial charge in [0.2, 0.25) is 0 Å². The summed E-state index contributed by atoms with van der Waals surface area (Å²) >= 11 is 0. The molecule has 0 heterocycles. The highest BCUT2D eigenvalue weighted by atomic mass is 16.5. The third kappa shape index (κ3) is 4.31. The molecule has 0 bridgehead atoms. The van der Waals surface area contributed by atoms with E-state index in [9.17, 15) is 0 Å². The summed E-state index contributed by atoms with van der Waals surface area (Å²) < 4.78 is 11.3. The van der Waals surface area contributed by atoms with Gasteiger partial charge in [-0.3, -0.25) is 0 Å². The first kappa shape index (κ1) is 15.0. The average Bonchev–Trinajstić information content (AvgIpc) is 2.38. The van der Waals surface area contributed by atoms with Crippen LogP contribution in [0.1, 0.15) is 44.8 Å². The third-order valence-electron chi connectivity index (χ3n) is 2.97. The molecule has 1 aromatic rings. The molecule has 2 N–H and O–H groups in total. The van der Waals surface area contributed by atoms with Gasteiger partial charge in [-0.2, -0.15) is 0 Å². The molecule has 0 radical (unpaired) electrons. The van der Waals surface area contributed by atoms with E-state index in [1.165, 1.54) is 12.8 Å². The molecule has 0 spiro atoms. The lowest BCUT2D eigenvalue weighted by Gasteiger charge is -2.23. The molecule has 3 nitrogen and oxygen atoms in total. The fourth-order valence-corrected chi connectivity index (χ4v) is 1.99. The molecule has 0 aliphatic rings. The standard InChI is InChI=1S/C15H25NO2/c1-4-5-8-11-18-15(12(2)16)13-9-6-7-10-14(13)17-3/h6-7,9-10,12,15H,4-5,8,11,16H2,1-3H3. The van der Waals surface area contributed by atoms with Crippen LogP contribution in [0.3, 0.4) is 0 Å². The van der Waals surface area contributed by atoms with Crippen LogP contribution >= 0.6 is 0 Å². The second-order valence-corrected chi connectivity index (χ2v) is 4.60. The fourth-order valence-electron chi connectivity index (χ4n) is 1.99. The van der Waals surface area contributed by atoms with Crippen molar-refractivity contribution in [1.29, 1.82) is 0 Å². The maximum Gasteiger partial charge on any atom is 0.124 e. The monoisotopic (exact) mass is 251 g/mol. The highest BCUT2D eigenvalue weighted by Crippen LogP contribution is 2.29. The maximum absolute atomic E-state index is 6.03. The molecule has 1 aromatic carbocycles. The van der Waals surface area contributed by atoms with E-state index in [1.54, 1.807) is 7.11 Å². The number of hydrogen-bond acceptors (Lipinski definition) is 3. The fraction of sp³-hybridized carbons (Fsp3) is 0.600. The molecule has 0 saturated heterocycles. The SMILES string of the molecule is CCCCCOC(c1ccccc1OC)C(C)N. The minimum atomic E-state index is -0.0991. The normalized spacial score (nSPS) is 14.2. The minimum absolute atomic E-state index is 0.0528. The third-order valence-corrected chi connectivity index (χ3v) is 2.97. The van der Waals surface area contributed by atoms with Gasteiger partial charge in [0, 0.05) is 18.2 Å². The van der Waals surface area contributed by atoms with E-state index in [1.807, 2.05) is 31.2 Å². The summed E-state index contributed by atoms with van der Waals surface area (Å²) in [6.07, 6.45) is 3.37. The molecular weight excluding hydrogens is 226 g/mol. The van der Waals surface area contributed by atoms with Crippen molar-refractivity contribution in [3.63, 3.8) is 0 Å². The Balaban J connectivity index is 2.71. The first-order valence-corrected chi connectivity index (χ1v) is 6.70. The maximum atomic E-state index is 6.03. The van der Waals surface area contributed by atoms with Crippen molar-refractivity contribution in [2.45, 2.75) is 45.3 Å². The molecule has 0 fully saturated rings. The number of unbranched alkanes of at least 4 members (excludes halogenated alkanes) is 2. The average molecular weight is 251 g/mol. The quantitative estimate of drug-likeness (QED) is 0.721. The van der Waals surface area contributed by atoms with Gasteiger partial charge in [0.15, 0.2) is 0 Å². The number of nitrogens with two attached hydrogens (primary N) is 1. The summed E-state index contributed by atoms with van der Waals surface area (Å²) in [6, 6.07) is 7.86. The van der Waals surface area contributed by atoms with Crippen LogP contribution in [0, 0.1) is 0 Å². The molecule has 1 rings (SSSR count). The highest BCUT2D eigenvalue weighted by molar-refractivity contribution is 5.35. The molecular formula is C15H25NO2. The lowest BCUT2D eigenvalue weighted by atomic mass is 10.0. The van der Waals surface area contributed by atoms with Gasteiger partial charge >= 0.3 is 0 Å². The van der Waals surface area contributed by atoms with Gasteiger partial charge in [0.1, 0.15) is 11.9 Å². The van der Waals surface area contributed by atoms with E-state index >= 15 is 0 Å². The Bertz CT molecular complexity index is 339. The summed E-state index contributed by atoms with van der Waals surface area (Å²) in [5, 5.41) is 0. The zero-order chi connectivity index (χ0) is 13.4. The minimum Gasteiger partial charge on any atom is -0.496 e. The van der Waals surface area contributed by atoms with Gasteiger partial charge in [0.05, 0.1) is 7.11 Å². The summed E-state index contributed by atoms with van der Waals surface area (Å²) in [6.45, 7) is 4.90. The van der Waals surface area contributed by atoms with Gasteiger partial charge in [0.25, 0.3) is 0 Å². The molecule has 0 aliphatic heterocycles. The zero-order valence-corrected chi connectivity index (χ0v) is 11.7. The van der Waals surface area contributed by atoms with Crippen LogP contribution in [0.2, 0.25) is 0 Å². The van der Waals surface area contributed by atoms with E-state index in [4.69, 9.17) is 15.2 Å². The van der Waals surface area contributed by atoms with Gasteiger partial charge < -0.3 is 15.2 Å². The van der Waals surface area contributed by atoms with Crippen molar-refractivity contribution in [2.75, 3.05) is 13.7 Å². The van der Waals surface area contributed by atoms with Crippen LogP contribution in [0.15, 0.2) is 24.3 Å². The lowest BCUT2D eigenvalue weighted by Crippen LogP contribution is -2.27. The van der Waals surface area contributed by atoms with Gasteiger partial charge in [-0.1, -0.05) is 38.0 Å². The Labute approximate surface area is 110 Å². The second-order valence-electron chi connectivity index (χ2n) is 4.60. The van der Waals surface area contributed by atoms with Crippen LogP contribution in [-0.2, 0) is 4.74 Å². The number of rotatable bonds is 8. The number of methoxy groups -OCH3 is 1. The molecule has 0 aliphatic carbocycles. The van der Waals surface area contributed by atoms with Gasteiger partial charge in [-0.15, -0.1) is 0 Å². The van der Waals surface area contributed by atoms with Crippen LogP contribution < -0.4 is 10.5 Å². The molecule has 3 heteroatoms. The largest absolute Gasteiger partial charge is 0.496 e. The lowest BCUT2D eigenvalue weighted by molar-refractivity contribution is 0.0344. The Morgan fingerprint density at radius 1 is 1.22 bits per heavy atom. The van der Waals surface area contributed by atoms with Crippen LogP contribution in [-0.4, -0.2) is 19.8 Å². The molecule has 18 heavy (non-hydrogen) atoms. The first-order chi connectivity index (χ1) is 8.70. The second kappa shape index (κ2) is 8.11. The number of hydrogen-bond donors (Lipinski definition) is 1. The molecule has 2 atom stereocenters. The van der Waals surface area contributed by atoms with Crippen molar-refractivity contribution in [2.24, 2.45) is 5.73 Å². The van der Waals surface area contributed by atoms with Crippen LogP contribution in [0.4, 0.5) is 0 Å². The van der Waals surface area contributed by atoms with Crippen LogP contribution in [0.5, 0.6) is 5.75 Å². The van der Waals surface area contributed by atoms with Crippen molar-refractivity contribution >= 4 is 0 Å². The van der Waals surface area contributed by atoms with Crippen LogP contribution in [0.25, 0.3) is 0 Å². The van der Waals surface area contributed by atoms with Crippen molar-refractivity contribution in [3.05, 3.63) is 29.8 Å². The molecule has 0 saturated carbocycles. The van der Waals surface area contributed by atoms with E-state index in [2.05, 4.69) is 6.92 Å². The van der Waals surface area contributed by atoms with E-state index in [-0.39, 0.29) is 12.1 Å².